The molecule has 20 heavy (non-hydrogen) atoms. The van der Waals surface area contributed by atoms with E-state index >= 15 is 0 Å². The molecule has 0 heterocycles. The number of aliphatic carboxylic acids is 1. The molecule has 0 bridgehead atoms. The fourth-order valence-corrected chi connectivity index (χ4v) is 1.40. The van der Waals surface area contributed by atoms with Gasteiger partial charge in [-0.3, -0.25) is 4.79 Å². The molecule has 0 aliphatic carbocycles. The van der Waals surface area contributed by atoms with Crippen LogP contribution in [-0.4, -0.2) is 84.7 Å². The highest BCUT2D eigenvalue weighted by Crippen LogP contribution is 2.17. The highest BCUT2D eigenvalue weighted by molar-refractivity contribution is 5.80. The maximum absolute atomic E-state index is 12.3. The summed E-state index contributed by atoms with van der Waals surface area (Å²) in [6, 6.07) is -1.11. The summed E-state index contributed by atoms with van der Waals surface area (Å²) >= 11 is 0. The molecule has 0 unspecified atom stereocenters. The SMILES string of the molecule is COCCN(CCO)C(=O)N(CC(=O)O)CC(F)(F)F. The fraction of sp³-hybridized carbons (Fsp3) is 0.800. The molecule has 0 aliphatic heterocycles. The number of carbonyl (C=O) groups is 2. The average molecular weight is 302 g/mol. The van der Waals surface area contributed by atoms with Crippen molar-refractivity contribution in [2.24, 2.45) is 0 Å². The maximum atomic E-state index is 12.3. The van der Waals surface area contributed by atoms with Crippen molar-refractivity contribution >= 4 is 12.0 Å². The lowest BCUT2D eigenvalue weighted by Crippen LogP contribution is -2.50. The van der Waals surface area contributed by atoms with Gasteiger partial charge in [-0.1, -0.05) is 0 Å². The van der Waals surface area contributed by atoms with E-state index in [-0.39, 0.29) is 24.6 Å². The number of nitrogens with zero attached hydrogens (tertiary/aromatic N) is 2. The first-order valence-corrected chi connectivity index (χ1v) is 5.63. The third-order valence-corrected chi connectivity index (χ3v) is 2.17. The van der Waals surface area contributed by atoms with Gasteiger partial charge in [0, 0.05) is 20.2 Å². The summed E-state index contributed by atoms with van der Waals surface area (Å²) in [5.41, 5.74) is 0. The van der Waals surface area contributed by atoms with E-state index in [0.717, 1.165) is 4.90 Å². The second-order valence-electron chi connectivity index (χ2n) is 3.85. The normalized spacial score (nSPS) is 11.2. The Balaban J connectivity index is 4.89. The van der Waals surface area contributed by atoms with E-state index in [4.69, 9.17) is 14.9 Å². The first kappa shape index (κ1) is 18.4. The molecule has 0 rings (SSSR count). The largest absolute Gasteiger partial charge is 0.480 e. The molecule has 0 radical (unpaired) electrons. The molecule has 0 aromatic heterocycles. The lowest BCUT2D eigenvalue weighted by molar-refractivity contribution is -0.149. The highest BCUT2D eigenvalue weighted by Gasteiger charge is 2.35. The van der Waals surface area contributed by atoms with E-state index in [0.29, 0.717) is 0 Å². The van der Waals surface area contributed by atoms with Crippen LogP contribution in [0.15, 0.2) is 0 Å². The minimum Gasteiger partial charge on any atom is -0.480 e. The Kier molecular flexibility index (Phi) is 7.92. The zero-order chi connectivity index (χ0) is 15.8. The van der Waals surface area contributed by atoms with Gasteiger partial charge in [0.25, 0.3) is 0 Å². The van der Waals surface area contributed by atoms with E-state index in [9.17, 15) is 22.8 Å². The molecule has 10 heteroatoms. The Labute approximate surface area is 113 Å². The molecule has 2 amide bonds. The number of urea groups is 1. The second kappa shape index (κ2) is 8.59. The van der Waals surface area contributed by atoms with E-state index in [1.165, 1.54) is 7.11 Å². The van der Waals surface area contributed by atoms with Crippen LogP contribution in [0.25, 0.3) is 0 Å². The first-order valence-electron chi connectivity index (χ1n) is 5.63. The number of ether oxygens (including phenoxy) is 1. The van der Waals surface area contributed by atoms with Gasteiger partial charge in [0.1, 0.15) is 13.1 Å². The molecule has 0 saturated heterocycles. The van der Waals surface area contributed by atoms with Crippen LogP contribution in [0.4, 0.5) is 18.0 Å². The molecule has 0 saturated carbocycles. The first-order chi connectivity index (χ1) is 9.21. The number of aliphatic hydroxyl groups excluding tert-OH is 1. The van der Waals surface area contributed by atoms with Gasteiger partial charge in [-0.2, -0.15) is 13.2 Å². The van der Waals surface area contributed by atoms with Gasteiger partial charge in [-0.15, -0.1) is 0 Å². The Bertz CT molecular complexity index is 325. The summed E-state index contributed by atoms with van der Waals surface area (Å²) in [5, 5.41) is 17.4. The number of halogens is 3. The van der Waals surface area contributed by atoms with Gasteiger partial charge in [0.05, 0.1) is 13.2 Å². The predicted octanol–water partition coefficient (Wildman–Crippen LogP) is -0.00400. The quantitative estimate of drug-likeness (QED) is 0.658. The topological polar surface area (TPSA) is 90.3 Å². The summed E-state index contributed by atoms with van der Waals surface area (Å²) < 4.78 is 41.7. The third kappa shape index (κ3) is 7.79. The van der Waals surface area contributed by atoms with Crippen molar-refractivity contribution in [2.75, 3.05) is 46.5 Å². The van der Waals surface area contributed by atoms with Crippen molar-refractivity contribution < 1.29 is 37.7 Å². The lowest BCUT2D eigenvalue weighted by atomic mass is 10.4. The van der Waals surface area contributed by atoms with Crippen molar-refractivity contribution in [3.63, 3.8) is 0 Å². The molecule has 0 fully saturated rings. The number of hydrogen-bond acceptors (Lipinski definition) is 4. The number of methoxy groups -OCH3 is 1. The summed E-state index contributed by atoms with van der Waals surface area (Å²) in [6.07, 6.45) is -4.71. The predicted molar refractivity (Wildman–Crippen MR) is 61.2 cm³/mol. The van der Waals surface area contributed by atoms with E-state index < -0.39 is 37.9 Å². The standard InChI is InChI=1S/C10H17F3N2O5/c1-20-5-3-14(2-4-16)9(19)15(6-8(17)18)7-10(11,12)13/h16H,2-7H2,1H3,(H,17,18). The Hall–Kier alpha value is -1.55. The van der Waals surface area contributed by atoms with Crippen molar-refractivity contribution in [1.29, 1.82) is 0 Å². The maximum Gasteiger partial charge on any atom is 0.406 e. The number of amides is 2. The molecule has 2 N–H and O–H groups in total. The Morgan fingerprint density at radius 1 is 1.20 bits per heavy atom. The minimum atomic E-state index is -4.71. The highest BCUT2D eigenvalue weighted by atomic mass is 19.4. The van der Waals surface area contributed by atoms with Crippen molar-refractivity contribution in [3.8, 4) is 0 Å². The van der Waals surface area contributed by atoms with Crippen LogP contribution in [0.3, 0.4) is 0 Å². The van der Waals surface area contributed by atoms with Crippen LogP contribution < -0.4 is 0 Å². The van der Waals surface area contributed by atoms with Gasteiger partial charge in [0.2, 0.25) is 0 Å². The molecule has 0 atom stereocenters. The van der Waals surface area contributed by atoms with Crippen LogP contribution >= 0.6 is 0 Å². The number of alkyl halides is 3. The molecular weight excluding hydrogens is 285 g/mol. The molecule has 7 nitrogen and oxygen atoms in total. The average Bonchev–Trinajstić information content (AvgIpc) is 2.30. The number of rotatable bonds is 8. The summed E-state index contributed by atoms with van der Waals surface area (Å²) in [6.45, 7) is -3.42. The van der Waals surface area contributed by atoms with Gasteiger partial charge < -0.3 is 24.7 Å². The number of carbonyl (C=O) groups excluding carboxylic acids is 1. The van der Waals surface area contributed by atoms with Crippen LogP contribution in [0.2, 0.25) is 0 Å². The van der Waals surface area contributed by atoms with Crippen molar-refractivity contribution in [2.45, 2.75) is 6.18 Å². The summed E-state index contributed by atoms with van der Waals surface area (Å²) in [5.74, 6) is -1.56. The van der Waals surface area contributed by atoms with E-state index in [2.05, 4.69) is 0 Å². The van der Waals surface area contributed by atoms with Crippen molar-refractivity contribution in [3.05, 3.63) is 0 Å². The summed E-state index contributed by atoms with van der Waals surface area (Å²) in [4.78, 5) is 23.5. The monoisotopic (exact) mass is 302 g/mol. The number of aliphatic hydroxyl groups is 1. The fourth-order valence-electron chi connectivity index (χ4n) is 1.40. The van der Waals surface area contributed by atoms with Crippen LogP contribution in [0.1, 0.15) is 0 Å². The van der Waals surface area contributed by atoms with E-state index in [1.54, 1.807) is 0 Å². The number of hydrogen-bond donors (Lipinski definition) is 2. The van der Waals surface area contributed by atoms with Crippen LogP contribution in [0, 0.1) is 0 Å². The number of carboxylic acid groups (broad SMARTS) is 1. The third-order valence-electron chi connectivity index (χ3n) is 2.17. The van der Waals surface area contributed by atoms with Gasteiger partial charge >= 0.3 is 18.2 Å². The van der Waals surface area contributed by atoms with Crippen molar-refractivity contribution in [1.82, 2.24) is 9.80 Å². The van der Waals surface area contributed by atoms with Gasteiger partial charge in [0.15, 0.2) is 0 Å². The zero-order valence-corrected chi connectivity index (χ0v) is 10.9. The molecule has 0 spiro atoms. The molecule has 0 aliphatic rings. The Morgan fingerprint density at radius 3 is 2.20 bits per heavy atom. The van der Waals surface area contributed by atoms with Gasteiger partial charge in [-0.25, -0.2) is 4.79 Å². The van der Waals surface area contributed by atoms with Crippen LogP contribution in [0.5, 0.6) is 0 Å². The second-order valence-corrected chi connectivity index (χ2v) is 3.85. The summed E-state index contributed by atoms with van der Waals surface area (Å²) in [7, 11) is 1.34. The number of carboxylic acids is 1. The lowest BCUT2D eigenvalue weighted by Gasteiger charge is -2.29. The molecular formula is C10H17F3N2O5. The van der Waals surface area contributed by atoms with Gasteiger partial charge in [-0.05, 0) is 0 Å². The molecule has 0 aromatic rings. The van der Waals surface area contributed by atoms with Crippen LogP contribution in [-0.2, 0) is 9.53 Å². The minimum absolute atomic E-state index is 0.0517. The zero-order valence-electron chi connectivity index (χ0n) is 10.9. The molecule has 0 aromatic carbocycles. The smallest absolute Gasteiger partial charge is 0.406 e. The molecule has 118 valence electrons. The Morgan fingerprint density at radius 2 is 1.80 bits per heavy atom. The van der Waals surface area contributed by atoms with E-state index in [1.807, 2.05) is 0 Å².